The highest BCUT2D eigenvalue weighted by atomic mass is 32.1. The standard InChI is InChI=1S/C14H14S/c1-10-7-8-12(11(2)9-10)13-5-3-4-6-14(13)15/h3-9,15H,1-2H3. The van der Waals surface area contributed by atoms with E-state index in [1.807, 2.05) is 18.2 Å². The second-order valence-corrected chi connectivity index (χ2v) is 4.32. The summed E-state index contributed by atoms with van der Waals surface area (Å²) in [7, 11) is 0. The van der Waals surface area contributed by atoms with Gasteiger partial charge in [-0.2, -0.15) is 0 Å². The van der Waals surface area contributed by atoms with Crippen molar-refractivity contribution in [2.24, 2.45) is 0 Å². The summed E-state index contributed by atoms with van der Waals surface area (Å²) in [6.45, 7) is 4.26. The van der Waals surface area contributed by atoms with Gasteiger partial charge in [-0.3, -0.25) is 0 Å². The van der Waals surface area contributed by atoms with Crippen LogP contribution in [0.15, 0.2) is 47.4 Å². The van der Waals surface area contributed by atoms with Crippen LogP contribution >= 0.6 is 12.6 Å². The Morgan fingerprint density at radius 2 is 1.60 bits per heavy atom. The fraction of sp³-hybridized carbons (Fsp3) is 0.143. The van der Waals surface area contributed by atoms with Gasteiger partial charge in [0.05, 0.1) is 0 Å². The summed E-state index contributed by atoms with van der Waals surface area (Å²) in [4.78, 5) is 1.03. The van der Waals surface area contributed by atoms with E-state index in [0.717, 1.165) is 4.90 Å². The summed E-state index contributed by atoms with van der Waals surface area (Å²) in [6.07, 6.45) is 0. The van der Waals surface area contributed by atoms with E-state index in [1.54, 1.807) is 0 Å². The van der Waals surface area contributed by atoms with Crippen LogP contribution in [0.3, 0.4) is 0 Å². The smallest absolute Gasteiger partial charge is 0.0119 e. The Balaban J connectivity index is 2.60. The molecule has 0 aliphatic rings. The summed E-state index contributed by atoms with van der Waals surface area (Å²) in [5, 5.41) is 0. The topological polar surface area (TPSA) is 0 Å². The first-order valence-corrected chi connectivity index (χ1v) is 5.49. The van der Waals surface area contributed by atoms with Crippen LogP contribution in [0.5, 0.6) is 0 Å². The van der Waals surface area contributed by atoms with E-state index >= 15 is 0 Å². The van der Waals surface area contributed by atoms with Crippen molar-refractivity contribution in [3.05, 3.63) is 53.6 Å². The Morgan fingerprint density at radius 3 is 2.27 bits per heavy atom. The number of thiol groups is 1. The van der Waals surface area contributed by atoms with Gasteiger partial charge < -0.3 is 0 Å². The molecule has 0 N–H and O–H groups in total. The molecule has 0 saturated carbocycles. The molecule has 0 nitrogen and oxygen atoms in total. The van der Waals surface area contributed by atoms with Gasteiger partial charge in [0, 0.05) is 4.90 Å². The highest BCUT2D eigenvalue weighted by Gasteiger charge is 2.04. The van der Waals surface area contributed by atoms with Crippen LogP contribution in [-0.2, 0) is 0 Å². The van der Waals surface area contributed by atoms with Gasteiger partial charge in [0.15, 0.2) is 0 Å². The molecule has 0 bridgehead atoms. The minimum Gasteiger partial charge on any atom is -0.143 e. The number of hydrogen-bond acceptors (Lipinski definition) is 1. The molecule has 0 heterocycles. The third-order valence-corrected chi connectivity index (χ3v) is 2.97. The molecule has 0 radical (unpaired) electrons. The lowest BCUT2D eigenvalue weighted by molar-refractivity contribution is 1.36. The van der Waals surface area contributed by atoms with Gasteiger partial charge >= 0.3 is 0 Å². The Hall–Kier alpha value is -1.21. The monoisotopic (exact) mass is 214 g/mol. The van der Waals surface area contributed by atoms with Crippen molar-refractivity contribution in [1.29, 1.82) is 0 Å². The second kappa shape index (κ2) is 4.11. The molecule has 0 fully saturated rings. The molecule has 0 aliphatic heterocycles. The minimum absolute atomic E-state index is 1.03. The van der Waals surface area contributed by atoms with Crippen molar-refractivity contribution in [3.8, 4) is 11.1 Å². The minimum atomic E-state index is 1.03. The maximum atomic E-state index is 4.48. The zero-order valence-corrected chi connectivity index (χ0v) is 9.88. The third kappa shape index (κ3) is 2.07. The molecule has 0 amide bonds. The van der Waals surface area contributed by atoms with Crippen LogP contribution in [0, 0.1) is 13.8 Å². The molecular formula is C14H14S. The third-order valence-electron chi connectivity index (χ3n) is 2.58. The van der Waals surface area contributed by atoms with E-state index < -0.39 is 0 Å². The summed E-state index contributed by atoms with van der Waals surface area (Å²) in [5.41, 5.74) is 5.08. The van der Waals surface area contributed by atoms with E-state index in [4.69, 9.17) is 0 Å². The lowest BCUT2D eigenvalue weighted by atomic mass is 9.99. The average Bonchev–Trinajstić information content (AvgIpc) is 2.20. The van der Waals surface area contributed by atoms with Crippen molar-refractivity contribution in [2.45, 2.75) is 18.7 Å². The number of benzene rings is 2. The average molecular weight is 214 g/mol. The molecule has 1 heteroatoms. The molecule has 0 aromatic heterocycles. The Bertz CT molecular complexity index is 486. The molecule has 0 spiro atoms. The number of rotatable bonds is 1. The van der Waals surface area contributed by atoms with E-state index in [1.165, 1.54) is 22.3 Å². The molecule has 0 unspecified atom stereocenters. The molecule has 76 valence electrons. The fourth-order valence-corrected chi connectivity index (χ4v) is 2.10. The van der Waals surface area contributed by atoms with Crippen LogP contribution in [0.4, 0.5) is 0 Å². The second-order valence-electron chi connectivity index (χ2n) is 3.84. The predicted molar refractivity (Wildman–Crippen MR) is 68.6 cm³/mol. The van der Waals surface area contributed by atoms with Gasteiger partial charge in [0.2, 0.25) is 0 Å². The van der Waals surface area contributed by atoms with Gasteiger partial charge in [-0.05, 0) is 36.6 Å². The first-order chi connectivity index (χ1) is 7.18. The van der Waals surface area contributed by atoms with Crippen molar-refractivity contribution in [1.82, 2.24) is 0 Å². The van der Waals surface area contributed by atoms with E-state index in [0.29, 0.717) is 0 Å². The Labute approximate surface area is 96.4 Å². The summed E-state index contributed by atoms with van der Waals surface area (Å²) >= 11 is 4.48. The fourth-order valence-electron chi connectivity index (χ4n) is 1.82. The normalized spacial score (nSPS) is 10.3. The Kier molecular flexibility index (Phi) is 2.83. The van der Waals surface area contributed by atoms with Crippen molar-refractivity contribution >= 4 is 12.6 Å². The van der Waals surface area contributed by atoms with Gasteiger partial charge in [0.1, 0.15) is 0 Å². The van der Waals surface area contributed by atoms with Gasteiger partial charge in [-0.1, -0.05) is 42.0 Å². The van der Waals surface area contributed by atoms with Crippen molar-refractivity contribution < 1.29 is 0 Å². The van der Waals surface area contributed by atoms with E-state index in [-0.39, 0.29) is 0 Å². The molecule has 2 aromatic rings. The van der Waals surface area contributed by atoms with E-state index in [9.17, 15) is 0 Å². The molecular weight excluding hydrogens is 200 g/mol. The van der Waals surface area contributed by atoms with Crippen LogP contribution in [0.1, 0.15) is 11.1 Å². The SMILES string of the molecule is Cc1ccc(-c2ccccc2S)c(C)c1. The lowest BCUT2D eigenvalue weighted by Crippen LogP contribution is -1.85. The van der Waals surface area contributed by atoms with Crippen molar-refractivity contribution in [3.63, 3.8) is 0 Å². The number of aryl methyl sites for hydroxylation is 2. The van der Waals surface area contributed by atoms with Crippen LogP contribution in [0.2, 0.25) is 0 Å². The van der Waals surface area contributed by atoms with Gasteiger partial charge in [-0.25, -0.2) is 0 Å². The maximum absolute atomic E-state index is 4.48. The zero-order chi connectivity index (χ0) is 10.8. The Morgan fingerprint density at radius 1 is 0.867 bits per heavy atom. The van der Waals surface area contributed by atoms with Gasteiger partial charge in [-0.15, -0.1) is 12.6 Å². The van der Waals surface area contributed by atoms with Gasteiger partial charge in [0.25, 0.3) is 0 Å². The highest BCUT2D eigenvalue weighted by molar-refractivity contribution is 7.80. The highest BCUT2D eigenvalue weighted by Crippen LogP contribution is 2.29. The van der Waals surface area contributed by atoms with E-state index in [2.05, 4.69) is 50.7 Å². The number of hydrogen-bond donors (Lipinski definition) is 1. The zero-order valence-electron chi connectivity index (χ0n) is 8.99. The lowest BCUT2D eigenvalue weighted by Gasteiger charge is -2.09. The van der Waals surface area contributed by atoms with Crippen molar-refractivity contribution in [2.75, 3.05) is 0 Å². The maximum Gasteiger partial charge on any atom is 0.0119 e. The summed E-state index contributed by atoms with van der Waals surface area (Å²) in [6, 6.07) is 14.7. The molecule has 0 saturated heterocycles. The largest absolute Gasteiger partial charge is 0.143 e. The molecule has 2 aromatic carbocycles. The first kappa shape index (κ1) is 10.3. The van der Waals surface area contributed by atoms with Crippen LogP contribution in [0.25, 0.3) is 11.1 Å². The molecule has 0 aliphatic carbocycles. The molecule has 15 heavy (non-hydrogen) atoms. The molecule has 0 atom stereocenters. The molecule has 2 rings (SSSR count). The summed E-state index contributed by atoms with van der Waals surface area (Å²) < 4.78 is 0. The quantitative estimate of drug-likeness (QED) is 0.674. The predicted octanol–water partition coefficient (Wildman–Crippen LogP) is 4.26. The summed E-state index contributed by atoms with van der Waals surface area (Å²) in [5.74, 6) is 0. The first-order valence-electron chi connectivity index (χ1n) is 5.04. The van der Waals surface area contributed by atoms with Crippen LogP contribution < -0.4 is 0 Å². The van der Waals surface area contributed by atoms with Crippen LogP contribution in [-0.4, -0.2) is 0 Å².